The summed E-state index contributed by atoms with van der Waals surface area (Å²) < 4.78 is 5.34. The molecule has 6 nitrogen and oxygen atoms in total. The molecule has 0 bridgehead atoms. The van der Waals surface area contributed by atoms with Gasteiger partial charge in [0, 0.05) is 31.7 Å². The van der Waals surface area contributed by atoms with Crippen molar-refractivity contribution in [2.45, 2.75) is 38.3 Å². The molecule has 2 rings (SSSR count). The largest absolute Gasteiger partial charge is 0.379 e. The van der Waals surface area contributed by atoms with Crippen molar-refractivity contribution in [1.82, 2.24) is 15.1 Å². The fourth-order valence-corrected chi connectivity index (χ4v) is 2.60. The normalized spacial score (nSPS) is 21.5. The maximum Gasteiger partial charge on any atom is 0.188 e. The number of nitrogens with two attached hydrogens (primary N) is 1. The number of hydrogen-bond donors (Lipinski definition) is 2. The van der Waals surface area contributed by atoms with Gasteiger partial charge in [0.2, 0.25) is 0 Å². The highest BCUT2D eigenvalue weighted by Crippen LogP contribution is 2.26. The van der Waals surface area contributed by atoms with Crippen LogP contribution in [0.4, 0.5) is 0 Å². The van der Waals surface area contributed by atoms with E-state index in [0.717, 1.165) is 58.4 Å². The quantitative estimate of drug-likeness (QED) is 0.260. The second-order valence-corrected chi connectivity index (χ2v) is 6.21. The van der Waals surface area contributed by atoms with Crippen LogP contribution in [0, 0.1) is 0 Å². The van der Waals surface area contributed by atoms with Crippen LogP contribution in [-0.2, 0) is 4.74 Å². The molecular weight excluding hydrogens is 393 g/mol. The summed E-state index contributed by atoms with van der Waals surface area (Å²) in [5, 5.41) is 3.21. The molecule has 130 valence electrons. The minimum Gasteiger partial charge on any atom is -0.379 e. The van der Waals surface area contributed by atoms with Gasteiger partial charge in [0.15, 0.2) is 5.96 Å². The maximum atomic E-state index is 5.92. The van der Waals surface area contributed by atoms with Crippen LogP contribution in [-0.4, -0.2) is 80.8 Å². The van der Waals surface area contributed by atoms with Gasteiger partial charge < -0.3 is 15.8 Å². The number of nitrogens with zero attached hydrogens (tertiary/aromatic N) is 3. The fraction of sp³-hybridized carbons (Fsp3) is 0.933. The average molecular weight is 425 g/mol. The number of aliphatic imine (C=N–C) groups is 1. The summed E-state index contributed by atoms with van der Waals surface area (Å²) in [6.07, 6.45) is 3.76. The van der Waals surface area contributed by atoms with E-state index in [2.05, 4.69) is 34.1 Å². The van der Waals surface area contributed by atoms with E-state index in [9.17, 15) is 0 Å². The number of hydrogen-bond acceptors (Lipinski definition) is 4. The maximum absolute atomic E-state index is 5.92. The number of likely N-dealkylation sites (N-methyl/N-ethyl adjacent to an activating group) is 1. The van der Waals surface area contributed by atoms with Gasteiger partial charge in [-0.2, -0.15) is 0 Å². The third-order valence-corrected chi connectivity index (χ3v) is 4.40. The van der Waals surface area contributed by atoms with Crippen LogP contribution in [0.1, 0.15) is 26.2 Å². The lowest BCUT2D eigenvalue weighted by molar-refractivity contribution is 0.0376. The minimum absolute atomic E-state index is 0. The topological polar surface area (TPSA) is 66.1 Å². The molecule has 1 saturated heterocycles. The van der Waals surface area contributed by atoms with E-state index in [4.69, 9.17) is 10.5 Å². The molecule has 0 aromatic rings. The molecule has 2 aliphatic rings. The molecule has 7 heteroatoms. The number of morpholine rings is 1. The lowest BCUT2D eigenvalue weighted by Crippen LogP contribution is -2.39. The second-order valence-electron chi connectivity index (χ2n) is 6.21. The Morgan fingerprint density at radius 3 is 2.73 bits per heavy atom. The Labute approximate surface area is 151 Å². The Hall–Kier alpha value is -0.120. The van der Waals surface area contributed by atoms with E-state index in [0.29, 0.717) is 12.0 Å². The molecule has 0 amide bonds. The van der Waals surface area contributed by atoms with Gasteiger partial charge in [0.05, 0.1) is 19.8 Å². The van der Waals surface area contributed by atoms with Crippen molar-refractivity contribution in [1.29, 1.82) is 0 Å². The first-order valence-corrected chi connectivity index (χ1v) is 8.22. The molecule has 22 heavy (non-hydrogen) atoms. The number of rotatable bonds is 8. The Morgan fingerprint density at radius 2 is 2.09 bits per heavy atom. The first kappa shape index (κ1) is 19.9. The molecule has 0 aromatic heterocycles. The highest BCUT2D eigenvalue weighted by molar-refractivity contribution is 14.0. The molecule has 1 aliphatic heterocycles. The van der Waals surface area contributed by atoms with Crippen molar-refractivity contribution < 1.29 is 4.74 Å². The van der Waals surface area contributed by atoms with Crippen molar-refractivity contribution >= 4 is 29.9 Å². The highest BCUT2D eigenvalue weighted by Gasteiger charge is 2.28. The predicted molar refractivity (Wildman–Crippen MR) is 102 cm³/mol. The molecule has 1 aliphatic carbocycles. The first-order valence-electron chi connectivity index (χ1n) is 8.22. The van der Waals surface area contributed by atoms with E-state index in [1.165, 1.54) is 12.8 Å². The summed E-state index contributed by atoms with van der Waals surface area (Å²) in [7, 11) is 2.18. The van der Waals surface area contributed by atoms with Gasteiger partial charge in [-0.15, -0.1) is 24.0 Å². The summed E-state index contributed by atoms with van der Waals surface area (Å²) in [6.45, 7) is 8.81. The van der Waals surface area contributed by atoms with Crippen LogP contribution in [0.3, 0.4) is 0 Å². The molecule has 1 saturated carbocycles. The van der Waals surface area contributed by atoms with E-state index < -0.39 is 0 Å². The van der Waals surface area contributed by atoms with Gasteiger partial charge >= 0.3 is 0 Å². The Morgan fingerprint density at radius 1 is 1.41 bits per heavy atom. The summed E-state index contributed by atoms with van der Waals surface area (Å²) in [6, 6.07) is 1.24. The van der Waals surface area contributed by atoms with Crippen LogP contribution in [0.2, 0.25) is 0 Å². The third kappa shape index (κ3) is 7.43. The predicted octanol–water partition coefficient (Wildman–Crippen LogP) is 0.714. The van der Waals surface area contributed by atoms with Crippen molar-refractivity contribution in [2.24, 2.45) is 10.7 Å². The van der Waals surface area contributed by atoms with Gasteiger partial charge in [-0.05, 0) is 39.8 Å². The SMILES string of the molecule is CC(CN=C(N)NCCCN1CCOCC1)N(C)C1CC1.I. The molecule has 1 unspecified atom stereocenters. The molecule has 0 spiro atoms. The standard InChI is InChI=1S/C15H31N5O.HI/c1-13(19(2)14-4-5-14)12-18-15(16)17-6-3-7-20-8-10-21-11-9-20;/h13-14H,3-12H2,1-2H3,(H3,16,17,18);1H. The zero-order valence-corrected chi connectivity index (χ0v) is 16.3. The molecule has 1 atom stereocenters. The fourth-order valence-electron chi connectivity index (χ4n) is 2.60. The highest BCUT2D eigenvalue weighted by atomic mass is 127. The molecule has 3 N–H and O–H groups in total. The van der Waals surface area contributed by atoms with Crippen LogP contribution in [0.25, 0.3) is 0 Å². The van der Waals surface area contributed by atoms with E-state index in [1.54, 1.807) is 0 Å². The number of halogens is 1. The van der Waals surface area contributed by atoms with Crippen molar-refractivity contribution in [2.75, 3.05) is 53.0 Å². The lowest BCUT2D eigenvalue weighted by Gasteiger charge is -2.26. The van der Waals surface area contributed by atoms with Gasteiger partial charge in [0.25, 0.3) is 0 Å². The summed E-state index contributed by atoms with van der Waals surface area (Å²) >= 11 is 0. The van der Waals surface area contributed by atoms with Crippen molar-refractivity contribution in [3.63, 3.8) is 0 Å². The monoisotopic (exact) mass is 425 g/mol. The Bertz CT molecular complexity index is 332. The summed E-state index contributed by atoms with van der Waals surface area (Å²) in [5.41, 5.74) is 5.92. The van der Waals surface area contributed by atoms with Crippen LogP contribution in [0.5, 0.6) is 0 Å². The minimum atomic E-state index is 0. The van der Waals surface area contributed by atoms with E-state index >= 15 is 0 Å². The number of nitrogens with one attached hydrogen (secondary N) is 1. The van der Waals surface area contributed by atoms with Gasteiger partial charge in [-0.1, -0.05) is 0 Å². The lowest BCUT2D eigenvalue weighted by atomic mass is 10.3. The second kappa shape index (κ2) is 10.6. The summed E-state index contributed by atoms with van der Waals surface area (Å²) in [4.78, 5) is 9.30. The van der Waals surface area contributed by atoms with Crippen LogP contribution in [0.15, 0.2) is 4.99 Å². The number of guanidine groups is 1. The van der Waals surface area contributed by atoms with Crippen molar-refractivity contribution in [3.05, 3.63) is 0 Å². The van der Waals surface area contributed by atoms with Gasteiger partial charge in [0.1, 0.15) is 0 Å². The Balaban J connectivity index is 0.00000242. The molecular formula is C15H32IN5O. The van der Waals surface area contributed by atoms with Gasteiger partial charge in [-0.3, -0.25) is 14.8 Å². The third-order valence-electron chi connectivity index (χ3n) is 4.40. The molecule has 0 radical (unpaired) electrons. The summed E-state index contributed by atoms with van der Waals surface area (Å²) in [5.74, 6) is 0.577. The molecule has 0 aromatic carbocycles. The average Bonchev–Trinajstić information content (AvgIpc) is 3.34. The van der Waals surface area contributed by atoms with Crippen molar-refractivity contribution in [3.8, 4) is 0 Å². The molecule has 2 fully saturated rings. The zero-order valence-electron chi connectivity index (χ0n) is 14.0. The zero-order chi connectivity index (χ0) is 15.1. The van der Waals surface area contributed by atoms with E-state index in [1.807, 2.05) is 0 Å². The Kier molecular flexibility index (Phi) is 9.62. The van der Waals surface area contributed by atoms with Gasteiger partial charge in [-0.25, -0.2) is 0 Å². The first-order chi connectivity index (χ1) is 10.2. The smallest absolute Gasteiger partial charge is 0.188 e. The van der Waals surface area contributed by atoms with Crippen LogP contribution < -0.4 is 11.1 Å². The van der Waals surface area contributed by atoms with Crippen LogP contribution >= 0.6 is 24.0 Å². The van der Waals surface area contributed by atoms with E-state index in [-0.39, 0.29) is 24.0 Å². The molecule has 1 heterocycles. The number of ether oxygens (including phenoxy) is 1.